The molecule has 0 N–H and O–H groups in total. The number of unbranched alkanes of at least 4 members (excludes halogenated alkanes) is 25. The van der Waals surface area contributed by atoms with Crippen molar-refractivity contribution in [3.8, 4) is 0 Å². The fraction of sp³-hybridized carbons (Fsp3) is 0.741. The highest BCUT2D eigenvalue weighted by Gasteiger charge is 2.19. The number of carbonyl (C=O) groups is 3. The lowest BCUT2D eigenvalue weighted by molar-refractivity contribution is -0.167. The smallest absolute Gasteiger partial charge is 0.306 e. The number of hydrogen-bond acceptors (Lipinski definition) is 6. The zero-order chi connectivity index (χ0) is 46.5. The molecule has 0 aliphatic heterocycles. The molecule has 0 bridgehead atoms. The third-order valence-electron chi connectivity index (χ3n) is 11.5. The van der Waals surface area contributed by atoms with Crippen LogP contribution in [0.2, 0.25) is 0 Å². The minimum absolute atomic E-state index is 0.0843. The maximum Gasteiger partial charge on any atom is 0.306 e. The Morgan fingerprint density at radius 1 is 0.328 bits per heavy atom. The first-order valence-electron chi connectivity index (χ1n) is 26.9. The molecule has 0 aromatic heterocycles. The van der Waals surface area contributed by atoms with E-state index in [4.69, 9.17) is 14.2 Å². The van der Waals surface area contributed by atoms with Crippen LogP contribution < -0.4 is 0 Å². The van der Waals surface area contributed by atoms with Gasteiger partial charge in [-0.25, -0.2) is 0 Å². The summed E-state index contributed by atoms with van der Waals surface area (Å²) in [4.78, 5) is 38.0. The van der Waals surface area contributed by atoms with Crippen molar-refractivity contribution in [2.75, 3.05) is 13.2 Å². The molecule has 0 aromatic carbocycles. The molecule has 6 heteroatoms. The van der Waals surface area contributed by atoms with Crippen LogP contribution in [0.1, 0.15) is 258 Å². The Balaban J connectivity index is 4.38. The zero-order valence-corrected chi connectivity index (χ0v) is 42.0. The fourth-order valence-electron chi connectivity index (χ4n) is 7.47. The average Bonchev–Trinajstić information content (AvgIpc) is 3.29. The molecule has 0 radical (unpaired) electrons. The third kappa shape index (κ3) is 49.9. The maximum absolute atomic E-state index is 12.8. The lowest BCUT2D eigenvalue weighted by atomic mass is 10.0. The molecule has 0 heterocycles. The highest BCUT2D eigenvalue weighted by molar-refractivity contribution is 5.71. The number of ether oxygens (including phenoxy) is 3. The SMILES string of the molecule is CC/C=C\C/C=C\C/C=C\CCCCCCCCCCCC(=O)OCC(COC(=O)CCCCCCCCCCCCCCC)OC(=O)CCCCCC/C=C\C/C=C\C/C=C\CC. The first kappa shape index (κ1) is 60.9. The van der Waals surface area contributed by atoms with Gasteiger partial charge in [-0.2, -0.15) is 0 Å². The van der Waals surface area contributed by atoms with E-state index in [1.54, 1.807) is 0 Å². The Labute approximate surface area is 395 Å². The Morgan fingerprint density at radius 3 is 0.953 bits per heavy atom. The summed E-state index contributed by atoms with van der Waals surface area (Å²) in [5, 5.41) is 0. The molecule has 1 atom stereocenters. The number of hydrogen-bond donors (Lipinski definition) is 0. The van der Waals surface area contributed by atoms with Crippen LogP contribution in [0.3, 0.4) is 0 Å². The van der Waals surface area contributed by atoms with Gasteiger partial charge in [0, 0.05) is 19.3 Å². The molecule has 0 aromatic rings. The molecule has 0 fully saturated rings. The monoisotopic (exact) mass is 893 g/mol. The van der Waals surface area contributed by atoms with Gasteiger partial charge in [0.15, 0.2) is 6.10 Å². The van der Waals surface area contributed by atoms with Gasteiger partial charge >= 0.3 is 17.9 Å². The lowest BCUT2D eigenvalue weighted by Crippen LogP contribution is -2.30. The fourth-order valence-corrected chi connectivity index (χ4v) is 7.47. The van der Waals surface area contributed by atoms with Crippen LogP contribution >= 0.6 is 0 Å². The molecule has 1 unspecified atom stereocenters. The minimum Gasteiger partial charge on any atom is -0.462 e. The van der Waals surface area contributed by atoms with Gasteiger partial charge in [-0.3, -0.25) is 14.4 Å². The van der Waals surface area contributed by atoms with Crippen LogP contribution in [0.25, 0.3) is 0 Å². The van der Waals surface area contributed by atoms with Gasteiger partial charge in [0.2, 0.25) is 0 Å². The number of esters is 3. The van der Waals surface area contributed by atoms with E-state index in [0.717, 1.165) is 109 Å². The summed E-state index contributed by atoms with van der Waals surface area (Å²) in [5.41, 5.74) is 0. The van der Waals surface area contributed by atoms with E-state index < -0.39 is 6.10 Å². The van der Waals surface area contributed by atoms with E-state index in [-0.39, 0.29) is 31.1 Å². The highest BCUT2D eigenvalue weighted by atomic mass is 16.6. The summed E-state index contributed by atoms with van der Waals surface area (Å²) in [6.45, 7) is 6.40. The van der Waals surface area contributed by atoms with Gasteiger partial charge < -0.3 is 14.2 Å². The van der Waals surface area contributed by atoms with Crippen LogP contribution in [0, 0.1) is 0 Å². The molecule has 0 rings (SSSR count). The van der Waals surface area contributed by atoms with Crippen molar-refractivity contribution in [1.29, 1.82) is 0 Å². The van der Waals surface area contributed by atoms with Crippen LogP contribution in [0.15, 0.2) is 72.9 Å². The van der Waals surface area contributed by atoms with Gasteiger partial charge in [-0.1, -0.05) is 229 Å². The predicted molar refractivity (Wildman–Crippen MR) is 274 cm³/mol. The second kappa shape index (κ2) is 52.5. The van der Waals surface area contributed by atoms with Crippen molar-refractivity contribution in [2.45, 2.75) is 264 Å². The number of rotatable bonds is 48. The molecule has 0 aliphatic carbocycles. The Morgan fingerprint density at radius 2 is 0.609 bits per heavy atom. The summed E-state index contributed by atoms with van der Waals surface area (Å²) in [7, 11) is 0. The predicted octanol–water partition coefficient (Wildman–Crippen LogP) is 17.8. The topological polar surface area (TPSA) is 78.9 Å². The second-order valence-electron chi connectivity index (χ2n) is 17.7. The summed E-state index contributed by atoms with van der Waals surface area (Å²) in [6, 6.07) is 0. The molecular formula is C58H100O6. The van der Waals surface area contributed by atoms with Gasteiger partial charge in [0.05, 0.1) is 0 Å². The van der Waals surface area contributed by atoms with Crippen LogP contribution in [0.4, 0.5) is 0 Å². The molecule has 0 amide bonds. The van der Waals surface area contributed by atoms with Crippen molar-refractivity contribution < 1.29 is 28.6 Å². The molecule has 0 saturated carbocycles. The van der Waals surface area contributed by atoms with Crippen molar-refractivity contribution >= 4 is 17.9 Å². The van der Waals surface area contributed by atoms with E-state index in [0.29, 0.717) is 19.3 Å². The molecular weight excluding hydrogens is 793 g/mol. The van der Waals surface area contributed by atoms with Gasteiger partial charge in [0.1, 0.15) is 13.2 Å². The quantitative estimate of drug-likeness (QED) is 0.0262. The van der Waals surface area contributed by atoms with Crippen LogP contribution in [-0.4, -0.2) is 37.2 Å². The lowest BCUT2D eigenvalue weighted by Gasteiger charge is -2.18. The summed E-state index contributed by atoms with van der Waals surface area (Å²) >= 11 is 0. The van der Waals surface area contributed by atoms with Crippen LogP contribution in [-0.2, 0) is 28.6 Å². The summed E-state index contributed by atoms with van der Waals surface area (Å²) in [6.07, 6.45) is 66.0. The molecule has 0 spiro atoms. The minimum atomic E-state index is -0.787. The van der Waals surface area contributed by atoms with E-state index in [2.05, 4.69) is 93.7 Å². The van der Waals surface area contributed by atoms with E-state index in [1.165, 1.54) is 109 Å². The van der Waals surface area contributed by atoms with E-state index in [9.17, 15) is 14.4 Å². The zero-order valence-electron chi connectivity index (χ0n) is 42.0. The Kier molecular flexibility index (Phi) is 49.9. The standard InChI is InChI=1S/C58H100O6/c1-4-7-10-13-16-19-22-25-27-28-29-30-31-34-36-39-42-45-48-51-57(60)63-54-55(53-62-56(59)50-47-44-41-38-35-32-24-21-18-15-12-9-6-3)64-58(61)52-49-46-43-40-37-33-26-23-20-17-14-11-8-5-2/h7-8,10-11,16-17,19-20,25-27,33,55H,4-6,9,12-15,18,21-24,28-32,34-54H2,1-3H3/b10-7-,11-8-,19-16-,20-17-,27-25-,33-26-. The van der Waals surface area contributed by atoms with Crippen molar-refractivity contribution in [2.24, 2.45) is 0 Å². The van der Waals surface area contributed by atoms with Gasteiger partial charge in [-0.05, 0) is 83.5 Å². The number of carbonyl (C=O) groups excluding carboxylic acids is 3. The van der Waals surface area contributed by atoms with E-state index in [1.807, 2.05) is 0 Å². The molecule has 64 heavy (non-hydrogen) atoms. The Hall–Kier alpha value is -3.15. The van der Waals surface area contributed by atoms with Crippen molar-refractivity contribution in [3.63, 3.8) is 0 Å². The first-order chi connectivity index (χ1) is 31.5. The normalized spacial score (nSPS) is 12.6. The third-order valence-corrected chi connectivity index (χ3v) is 11.5. The summed E-state index contributed by atoms with van der Waals surface area (Å²) < 4.78 is 16.8. The highest BCUT2D eigenvalue weighted by Crippen LogP contribution is 2.15. The molecule has 0 saturated heterocycles. The van der Waals surface area contributed by atoms with Crippen molar-refractivity contribution in [1.82, 2.24) is 0 Å². The van der Waals surface area contributed by atoms with Crippen LogP contribution in [0.5, 0.6) is 0 Å². The first-order valence-corrected chi connectivity index (χ1v) is 26.9. The van der Waals surface area contributed by atoms with Crippen molar-refractivity contribution in [3.05, 3.63) is 72.9 Å². The maximum atomic E-state index is 12.8. The van der Waals surface area contributed by atoms with E-state index >= 15 is 0 Å². The van der Waals surface area contributed by atoms with Gasteiger partial charge in [-0.15, -0.1) is 0 Å². The number of allylic oxidation sites excluding steroid dienone is 12. The average molecular weight is 893 g/mol. The molecule has 0 aliphatic rings. The Bertz CT molecular complexity index is 1210. The molecule has 368 valence electrons. The summed E-state index contributed by atoms with van der Waals surface area (Å²) in [5.74, 6) is -0.907. The second-order valence-corrected chi connectivity index (χ2v) is 17.7. The molecule has 6 nitrogen and oxygen atoms in total. The van der Waals surface area contributed by atoms with Gasteiger partial charge in [0.25, 0.3) is 0 Å². The largest absolute Gasteiger partial charge is 0.462 e.